The Morgan fingerprint density at radius 2 is 1.68 bits per heavy atom. The van der Waals surface area contributed by atoms with E-state index in [2.05, 4.69) is 5.32 Å². The van der Waals surface area contributed by atoms with Crippen molar-refractivity contribution in [3.63, 3.8) is 0 Å². The van der Waals surface area contributed by atoms with E-state index in [9.17, 15) is 17.6 Å². The van der Waals surface area contributed by atoms with Crippen LogP contribution in [0.25, 0.3) is 0 Å². The van der Waals surface area contributed by atoms with Crippen LogP contribution in [0.3, 0.4) is 0 Å². The molecule has 0 unspecified atom stereocenters. The van der Waals surface area contributed by atoms with E-state index in [-0.39, 0.29) is 35.5 Å². The van der Waals surface area contributed by atoms with Crippen LogP contribution >= 0.6 is 23.4 Å². The smallest absolute Gasteiger partial charge is 0.227 e. The molecule has 1 saturated heterocycles. The standard InChI is InChI=1S/C25H24ClFN2O3S2/c26-21-9-6-10-22(27)20(21)17-34(31,32)29-15-13-18(14-16-29)25(30)28-23-11-4-5-12-24(23)33-19-7-2-1-3-8-19/h1-12,18H,13-17H2,(H,28,30). The molecule has 3 aromatic rings. The van der Waals surface area contributed by atoms with Crippen LogP contribution in [0.5, 0.6) is 0 Å². The highest BCUT2D eigenvalue weighted by Crippen LogP contribution is 2.34. The fourth-order valence-electron chi connectivity index (χ4n) is 3.85. The van der Waals surface area contributed by atoms with Gasteiger partial charge in [0.1, 0.15) is 5.82 Å². The number of benzene rings is 3. The zero-order chi connectivity index (χ0) is 24.1. The minimum atomic E-state index is -3.76. The van der Waals surface area contributed by atoms with Crippen LogP contribution in [-0.4, -0.2) is 31.7 Å². The SMILES string of the molecule is O=C(Nc1ccccc1Sc1ccccc1)C1CCN(S(=O)(=O)Cc2c(F)cccc2Cl)CC1. The number of rotatable bonds is 7. The van der Waals surface area contributed by atoms with Crippen molar-refractivity contribution in [1.29, 1.82) is 0 Å². The number of nitrogens with zero attached hydrogens (tertiary/aromatic N) is 1. The van der Waals surface area contributed by atoms with Crippen LogP contribution in [0, 0.1) is 11.7 Å². The molecular weight excluding hydrogens is 495 g/mol. The largest absolute Gasteiger partial charge is 0.325 e. The van der Waals surface area contributed by atoms with Gasteiger partial charge in [0.25, 0.3) is 0 Å². The van der Waals surface area contributed by atoms with Crippen LogP contribution in [-0.2, 0) is 20.6 Å². The minimum absolute atomic E-state index is 0.0310. The van der Waals surface area contributed by atoms with E-state index < -0.39 is 21.6 Å². The Labute approximate surface area is 208 Å². The lowest BCUT2D eigenvalue weighted by Gasteiger charge is -2.30. The van der Waals surface area contributed by atoms with Crippen LogP contribution in [0.1, 0.15) is 18.4 Å². The highest BCUT2D eigenvalue weighted by Gasteiger charge is 2.32. The molecule has 1 N–H and O–H groups in total. The van der Waals surface area contributed by atoms with Gasteiger partial charge in [-0.3, -0.25) is 4.79 Å². The molecule has 0 radical (unpaired) electrons. The van der Waals surface area contributed by atoms with Crippen LogP contribution in [0.15, 0.2) is 82.6 Å². The Bertz CT molecular complexity index is 1240. The molecular formula is C25H24ClFN2O3S2. The summed E-state index contributed by atoms with van der Waals surface area (Å²) in [6.07, 6.45) is 0.786. The number of hydrogen-bond acceptors (Lipinski definition) is 4. The van der Waals surface area contributed by atoms with E-state index in [1.54, 1.807) is 11.8 Å². The second-order valence-electron chi connectivity index (χ2n) is 8.03. The summed E-state index contributed by atoms with van der Waals surface area (Å²) in [6, 6.07) is 21.6. The molecule has 1 amide bonds. The molecule has 1 aliphatic heterocycles. The first kappa shape index (κ1) is 24.7. The number of sulfonamides is 1. The Balaban J connectivity index is 1.37. The normalized spacial score (nSPS) is 15.2. The summed E-state index contributed by atoms with van der Waals surface area (Å²) in [7, 11) is -3.76. The lowest BCUT2D eigenvalue weighted by molar-refractivity contribution is -0.120. The third-order valence-corrected chi connectivity index (χ3v) is 8.97. The van der Waals surface area contributed by atoms with E-state index in [1.807, 2.05) is 54.6 Å². The molecule has 0 saturated carbocycles. The van der Waals surface area contributed by atoms with Crippen molar-refractivity contribution in [2.75, 3.05) is 18.4 Å². The number of nitrogens with one attached hydrogen (secondary N) is 1. The molecule has 9 heteroatoms. The summed E-state index contributed by atoms with van der Waals surface area (Å²) in [5.74, 6) is -1.58. The first-order valence-electron chi connectivity index (χ1n) is 10.9. The summed E-state index contributed by atoms with van der Waals surface area (Å²) < 4.78 is 41.1. The summed E-state index contributed by atoms with van der Waals surface area (Å²) in [6.45, 7) is 0.403. The van der Waals surface area contributed by atoms with Crippen molar-refractivity contribution < 1.29 is 17.6 Å². The molecule has 0 bridgehead atoms. The molecule has 5 nitrogen and oxygen atoms in total. The van der Waals surface area contributed by atoms with E-state index in [4.69, 9.17) is 11.6 Å². The van der Waals surface area contributed by atoms with Gasteiger partial charge in [-0.2, -0.15) is 0 Å². The maximum Gasteiger partial charge on any atom is 0.227 e. The van der Waals surface area contributed by atoms with Gasteiger partial charge >= 0.3 is 0 Å². The quantitative estimate of drug-likeness (QED) is 0.428. The van der Waals surface area contributed by atoms with Crippen LogP contribution in [0.4, 0.5) is 10.1 Å². The average Bonchev–Trinajstić information content (AvgIpc) is 2.83. The summed E-state index contributed by atoms with van der Waals surface area (Å²) in [5.41, 5.74) is 0.696. The molecule has 3 aromatic carbocycles. The number of anilines is 1. The molecule has 34 heavy (non-hydrogen) atoms. The van der Waals surface area contributed by atoms with E-state index >= 15 is 0 Å². The zero-order valence-corrected chi connectivity index (χ0v) is 20.7. The van der Waals surface area contributed by atoms with Gasteiger partial charge in [0.2, 0.25) is 15.9 Å². The van der Waals surface area contributed by atoms with Gasteiger partial charge in [-0.25, -0.2) is 17.1 Å². The molecule has 178 valence electrons. The first-order chi connectivity index (χ1) is 16.3. The molecule has 0 spiro atoms. The van der Waals surface area contributed by atoms with Gasteiger partial charge in [-0.15, -0.1) is 0 Å². The molecule has 0 aliphatic carbocycles. The number of para-hydroxylation sites is 1. The van der Waals surface area contributed by atoms with Gasteiger partial charge < -0.3 is 5.32 Å². The lowest BCUT2D eigenvalue weighted by atomic mass is 9.97. The van der Waals surface area contributed by atoms with Crippen LogP contribution in [0.2, 0.25) is 5.02 Å². The highest BCUT2D eigenvalue weighted by atomic mass is 35.5. The van der Waals surface area contributed by atoms with Crippen molar-refractivity contribution in [1.82, 2.24) is 4.31 Å². The van der Waals surface area contributed by atoms with Gasteiger partial charge in [0.15, 0.2) is 0 Å². The Kier molecular flexibility index (Phi) is 7.93. The maximum absolute atomic E-state index is 14.1. The topological polar surface area (TPSA) is 66.5 Å². The Hall–Kier alpha value is -2.39. The number of carbonyl (C=O) groups excluding carboxylic acids is 1. The fraction of sp³-hybridized carbons (Fsp3) is 0.240. The third-order valence-electron chi connectivity index (χ3n) is 5.72. The summed E-state index contributed by atoms with van der Waals surface area (Å²) in [5, 5.41) is 3.10. The molecule has 0 atom stereocenters. The van der Waals surface area contributed by atoms with E-state index in [0.29, 0.717) is 12.8 Å². The van der Waals surface area contributed by atoms with Crippen molar-refractivity contribution in [2.45, 2.75) is 28.4 Å². The number of hydrogen-bond donors (Lipinski definition) is 1. The minimum Gasteiger partial charge on any atom is -0.325 e. The van der Waals surface area contributed by atoms with Crippen LogP contribution < -0.4 is 5.32 Å². The molecule has 0 aromatic heterocycles. The average molecular weight is 519 g/mol. The van der Waals surface area contributed by atoms with Crippen molar-refractivity contribution >= 4 is 45.0 Å². The monoisotopic (exact) mass is 518 g/mol. The Morgan fingerprint density at radius 3 is 2.38 bits per heavy atom. The van der Waals surface area contributed by atoms with E-state index in [1.165, 1.54) is 22.5 Å². The van der Waals surface area contributed by atoms with Gasteiger partial charge in [0.05, 0.1) is 11.4 Å². The number of halogens is 2. The maximum atomic E-state index is 14.1. The number of carbonyl (C=O) groups is 1. The predicted molar refractivity (Wildman–Crippen MR) is 134 cm³/mol. The zero-order valence-electron chi connectivity index (χ0n) is 18.3. The third kappa shape index (κ3) is 5.99. The van der Waals surface area contributed by atoms with Crippen molar-refractivity contribution in [2.24, 2.45) is 5.92 Å². The first-order valence-corrected chi connectivity index (χ1v) is 13.7. The summed E-state index contributed by atoms with van der Waals surface area (Å²) >= 11 is 7.57. The Morgan fingerprint density at radius 1 is 1.00 bits per heavy atom. The molecule has 1 aliphatic rings. The number of amides is 1. The summed E-state index contributed by atoms with van der Waals surface area (Å²) in [4.78, 5) is 15.0. The number of piperidine rings is 1. The van der Waals surface area contributed by atoms with Gasteiger partial charge in [0, 0.05) is 39.4 Å². The molecule has 1 fully saturated rings. The predicted octanol–water partition coefficient (Wildman–Crippen LogP) is 5.81. The van der Waals surface area contributed by atoms with Gasteiger partial charge in [-0.05, 0) is 49.2 Å². The van der Waals surface area contributed by atoms with E-state index in [0.717, 1.165) is 15.5 Å². The van der Waals surface area contributed by atoms with Gasteiger partial charge in [-0.1, -0.05) is 59.8 Å². The second kappa shape index (κ2) is 10.9. The lowest BCUT2D eigenvalue weighted by Crippen LogP contribution is -2.42. The van der Waals surface area contributed by atoms with Crippen molar-refractivity contribution in [3.05, 3.63) is 89.2 Å². The second-order valence-corrected chi connectivity index (χ2v) is 11.5. The highest BCUT2D eigenvalue weighted by molar-refractivity contribution is 7.99. The fourth-order valence-corrected chi connectivity index (χ4v) is 6.69. The molecule has 4 rings (SSSR count). The molecule has 1 heterocycles. The van der Waals surface area contributed by atoms with Crippen molar-refractivity contribution in [3.8, 4) is 0 Å².